The van der Waals surface area contributed by atoms with Crippen molar-refractivity contribution in [3.05, 3.63) is 58.6 Å². The summed E-state index contributed by atoms with van der Waals surface area (Å²) in [7, 11) is 0. The quantitative estimate of drug-likeness (QED) is 0.709. The van der Waals surface area contributed by atoms with Crippen LogP contribution in [-0.4, -0.2) is 25.0 Å². The van der Waals surface area contributed by atoms with Gasteiger partial charge in [0.15, 0.2) is 5.82 Å². The second-order valence-corrected chi connectivity index (χ2v) is 5.08. The maximum Gasteiger partial charge on any atom is 0.316 e. The molecule has 0 atom stereocenters. The fourth-order valence-corrected chi connectivity index (χ4v) is 2.00. The molecule has 0 fully saturated rings. The van der Waals surface area contributed by atoms with Crippen LogP contribution in [0.2, 0.25) is 0 Å². The highest BCUT2D eigenvalue weighted by Gasteiger charge is 2.07. The molecule has 6 nitrogen and oxygen atoms in total. The second kappa shape index (κ2) is 6.14. The third kappa shape index (κ3) is 3.25. The molecule has 0 aliphatic carbocycles. The Morgan fingerprint density at radius 1 is 1.18 bits per heavy atom. The van der Waals surface area contributed by atoms with Gasteiger partial charge in [-0.3, -0.25) is 0 Å². The van der Waals surface area contributed by atoms with E-state index in [9.17, 15) is 8.78 Å². The second-order valence-electron chi connectivity index (χ2n) is 4.23. The highest BCUT2D eigenvalue weighted by atomic mass is 79.9. The Morgan fingerprint density at radius 2 is 1.95 bits per heavy atom. The highest BCUT2D eigenvalue weighted by molar-refractivity contribution is 9.10. The molecule has 3 rings (SSSR count). The zero-order chi connectivity index (χ0) is 15.5. The summed E-state index contributed by atoms with van der Waals surface area (Å²) in [6.45, 7) is 0.0774. The van der Waals surface area contributed by atoms with Gasteiger partial charge in [0.2, 0.25) is 0 Å². The summed E-state index contributed by atoms with van der Waals surface area (Å²) in [6.07, 6.45) is 3.65. The molecule has 1 aromatic carbocycles. The molecule has 112 valence electrons. The number of nitrogens with zero attached hydrogens (tertiary/aromatic N) is 5. The minimum absolute atomic E-state index is 0.0421. The highest BCUT2D eigenvalue weighted by Crippen LogP contribution is 2.19. The summed E-state index contributed by atoms with van der Waals surface area (Å²) in [5, 5.41) is 7.85. The fourth-order valence-electron chi connectivity index (χ4n) is 1.63. The van der Waals surface area contributed by atoms with Gasteiger partial charge < -0.3 is 4.74 Å². The normalized spacial score (nSPS) is 10.7. The van der Waals surface area contributed by atoms with Gasteiger partial charge in [0, 0.05) is 0 Å². The Kier molecular flexibility index (Phi) is 4.05. The van der Waals surface area contributed by atoms with E-state index in [-0.39, 0.29) is 18.4 Å². The van der Waals surface area contributed by atoms with Crippen molar-refractivity contribution in [3.63, 3.8) is 0 Å². The molecule has 0 spiro atoms. The van der Waals surface area contributed by atoms with Gasteiger partial charge >= 0.3 is 6.01 Å². The van der Waals surface area contributed by atoms with E-state index in [1.807, 2.05) is 0 Å². The first-order valence-electron chi connectivity index (χ1n) is 6.09. The first-order valence-corrected chi connectivity index (χ1v) is 6.88. The van der Waals surface area contributed by atoms with Crippen LogP contribution in [0.25, 0.3) is 5.69 Å². The summed E-state index contributed by atoms with van der Waals surface area (Å²) in [5.74, 6) is -0.902. The standard InChI is InChI=1S/C13H8BrF2N5O/c14-11-3-10(1-2-12(11)16)21-6-9(19-20-21)7-22-13-17-4-8(15)5-18-13/h1-6H,7H2. The van der Waals surface area contributed by atoms with Gasteiger partial charge in [-0.15, -0.1) is 5.10 Å². The van der Waals surface area contributed by atoms with Gasteiger partial charge in [-0.05, 0) is 34.1 Å². The number of halogens is 3. The van der Waals surface area contributed by atoms with Crippen molar-refractivity contribution in [2.24, 2.45) is 0 Å². The maximum atomic E-state index is 13.2. The topological polar surface area (TPSA) is 65.7 Å². The lowest BCUT2D eigenvalue weighted by Gasteiger charge is -2.01. The lowest BCUT2D eigenvalue weighted by molar-refractivity contribution is 0.275. The molecule has 9 heteroatoms. The summed E-state index contributed by atoms with van der Waals surface area (Å²) in [5.41, 5.74) is 1.17. The van der Waals surface area contributed by atoms with Crippen molar-refractivity contribution in [3.8, 4) is 11.7 Å². The van der Waals surface area contributed by atoms with E-state index in [2.05, 4.69) is 36.2 Å². The third-order valence-corrected chi connectivity index (χ3v) is 3.26. The molecule has 0 unspecified atom stereocenters. The molecule has 3 aromatic rings. The zero-order valence-corrected chi connectivity index (χ0v) is 12.5. The van der Waals surface area contributed by atoms with Gasteiger partial charge in [0.1, 0.15) is 18.1 Å². The predicted molar refractivity (Wildman–Crippen MR) is 75.3 cm³/mol. The molecule has 0 radical (unpaired) electrons. The lowest BCUT2D eigenvalue weighted by atomic mass is 10.3. The minimum Gasteiger partial charge on any atom is -0.457 e. The number of benzene rings is 1. The molecule has 0 aliphatic rings. The van der Waals surface area contributed by atoms with Crippen LogP contribution >= 0.6 is 15.9 Å². The first kappa shape index (κ1) is 14.5. The van der Waals surface area contributed by atoms with Gasteiger partial charge in [-0.1, -0.05) is 5.21 Å². The SMILES string of the molecule is Fc1cnc(OCc2cn(-c3ccc(F)c(Br)c3)nn2)nc1. The number of rotatable bonds is 4. The molecule has 22 heavy (non-hydrogen) atoms. The molecule has 0 N–H and O–H groups in total. The summed E-state index contributed by atoms with van der Waals surface area (Å²) in [6, 6.07) is 4.52. The molecule has 0 saturated carbocycles. The monoisotopic (exact) mass is 367 g/mol. The first-order chi connectivity index (χ1) is 10.6. The average Bonchev–Trinajstić information content (AvgIpc) is 2.98. The van der Waals surface area contributed by atoms with Crippen LogP contribution in [0.3, 0.4) is 0 Å². The van der Waals surface area contributed by atoms with E-state index in [0.29, 0.717) is 15.9 Å². The van der Waals surface area contributed by atoms with E-state index in [1.165, 1.54) is 10.7 Å². The van der Waals surface area contributed by atoms with Crippen LogP contribution < -0.4 is 4.74 Å². The number of hydrogen-bond acceptors (Lipinski definition) is 5. The van der Waals surface area contributed by atoms with E-state index >= 15 is 0 Å². The van der Waals surface area contributed by atoms with E-state index < -0.39 is 5.82 Å². The van der Waals surface area contributed by atoms with Crippen LogP contribution in [0.4, 0.5) is 8.78 Å². The molecule has 0 amide bonds. The van der Waals surface area contributed by atoms with Crippen LogP contribution in [0, 0.1) is 11.6 Å². The summed E-state index contributed by atoms with van der Waals surface area (Å²) in [4.78, 5) is 7.34. The van der Waals surface area contributed by atoms with Crippen molar-refractivity contribution in [1.82, 2.24) is 25.0 Å². The summed E-state index contributed by atoms with van der Waals surface area (Å²) >= 11 is 3.11. The molecule has 0 aliphatic heterocycles. The molecule has 0 bridgehead atoms. The lowest BCUT2D eigenvalue weighted by Crippen LogP contribution is -2.00. The number of hydrogen-bond donors (Lipinski definition) is 0. The van der Waals surface area contributed by atoms with Crippen LogP contribution in [0.15, 0.2) is 41.3 Å². The Morgan fingerprint density at radius 3 is 2.68 bits per heavy atom. The van der Waals surface area contributed by atoms with Crippen LogP contribution in [0.1, 0.15) is 5.69 Å². The number of ether oxygens (including phenoxy) is 1. The zero-order valence-electron chi connectivity index (χ0n) is 10.9. The van der Waals surface area contributed by atoms with Crippen LogP contribution in [-0.2, 0) is 6.61 Å². The van der Waals surface area contributed by atoms with Gasteiger partial charge in [0.05, 0.1) is 28.8 Å². The molecular weight excluding hydrogens is 360 g/mol. The van der Waals surface area contributed by atoms with Gasteiger partial charge in [0.25, 0.3) is 0 Å². The third-order valence-electron chi connectivity index (χ3n) is 2.65. The maximum absolute atomic E-state index is 13.2. The van der Waals surface area contributed by atoms with Crippen molar-refractivity contribution in [2.45, 2.75) is 6.61 Å². The van der Waals surface area contributed by atoms with Gasteiger partial charge in [-0.2, -0.15) is 0 Å². The molecule has 2 heterocycles. The Bertz CT molecular complexity index is 793. The molecule has 2 aromatic heterocycles. The van der Waals surface area contributed by atoms with Crippen molar-refractivity contribution in [2.75, 3.05) is 0 Å². The van der Waals surface area contributed by atoms with Crippen molar-refractivity contribution >= 4 is 15.9 Å². The Balaban J connectivity index is 1.70. The Labute approximate surface area is 131 Å². The van der Waals surface area contributed by atoms with E-state index in [0.717, 1.165) is 12.4 Å². The van der Waals surface area contributed by atoms with Crippen molar-refractivity contribution < 1.29 is 13.5 Å². The Hall–Kier alpha value is -2.42. The van der Waals surface area contributed by atoms with E-state index in [4.69, 9.17) is 4.74 Å². The average molecular weight is 368 g/mol. The largest absolute Gasteiger partial charge is 0.457 e. The summed E-state index contributed by atoms with van der Waals surface area (Å²) < 4.78 is 32.9. The fraction of sp³-hybridized carbons (Fsp3) is 0.0769. The van der Waals surface area contributed by atoms with E-state index in [1.54, 1.807) is 18.3 Å². The van der Waals surface area contributed by atoms with Crippen molar-refractivity contribution in [1.29, 1.82) is 0 Å². The predicted octanol–water partition coefficient (Wildman–Crippen LogP) is 2.68. The minimum atomic E-state index is -0.541. The molecule has 0 saturated heterocycles. The van der Waals surface area contributed by atoms with Gasteiger partial charge in [-0.25, -0.2) is 23.4 Å². The van der Waals surface area contributed by atoms with Crippen LogP contribution in [0.5, 0.6) is 6.01 Å². The smallest absolute Gasteiger partial charge is 0.316 e. The number of aromatic nitrogens is 5. The molecular formula is C13H8BrF2N5O.